The van der Waals surface area contributed by atoms with E-state index in [9.17, 15) is 0 Å². The van der Waals surface area contributed by atoms with E-state index in [4.69, 9.17) is 9.47 Å². The highest BCUT2D eigenvalue weighted by Crippen LogP contribution is 2.37. The third kappa shape index (κ3) is 1.67. The van der Waals surface area contributed by atoms with Gasteiger partial charge in [-0.05, 0) is 23.6 Å². The molecular weight excluding hydrogens is 216 g/mol. The molecule has 1 aromatic heterocycles. The van der Waals surface area contributed by atoms with Gasteiger partial charge in [-0.25, -0.2) is 4.98 Å². The van der Waals surface area contributed by atoms with Gasteiger partial charge in [0.05, 0.1) is 0 Å². The Labute approximate surface area is 98.9 Å². The number of pyridine rings is 1. The lowest BCUT2D eigenvalue weighted by atomic mass is 10.1. The average Bonchev–Trinajstić information content (AvgIpc) is 2.80. The highest BCUT2D eigenvalue weighted by atomic mass is 16.7. The summed E-state index contributed by atoms with van der Waals surface area (Å²) >= 11 is 0. The van der Waals surface area contributed by atoms with Gasteiger partial charge >= 0.3 is 0 Å². The van der Waals surface area contributed by atoms with Crippen LogP contribution in [0.1, 0.15) is 0 Å². The van der Waals surface area contributed by atoms with E-state index in [-0.39, 0.29) is 6.79 Å². The van der Waals surface area contributed by atoms with Gasteiger partial charge in [0.25, 0.3) is 0 Å². The number of anilines is 1. The molecule has 0 fully saturated rings. The van der Waals surface area contributed by atoms with E-state index < -0.39 is 0 Å². The number of aromatic nitrogens is 1. The number of benzene rings is 1. The molecule has 0 bridgehead atoms. The quantitative estimate of drug-likeness (QED) is 0.820. The molecule has 3 rings (SSSR count). The van der Waals surface area contributed by atoms with Gasteiger partial charge in [-0.15, -0.1) is 6.58 Å². The van der Waals surface area contributed by atoms with E-state index in [1.54, 1.807) is 12.3 Å². The third-order valence-electron chi connectivity index (χ3n) is 2.67. The summed E-state index contributed by atoms with van der Waals surface area (Å²) in [5, 5.41) is 5.31. The van der Waals surface area contributed by atoms with Crippen LogP contribution in [0.4, 0.5) is 5.82 Å². The van der Waals surface area contributed by atoms with Gasteiger partial charge in [-0.3, -0.25) is 0 Å². The Morgan fingerprint density at radius 1 is 1.35 bits per heavy atom. The Kier molecular flexibility index (Phi) is 2.33. The molecule has 86 valence electrons. The SMILES string of the molecule is C=CCNc1nccc2cc3c(cc12)OCO3. The first kappa shape index (κ1) is 9.96. The summed E-state index contributed by atoms with van der Waals surface area (Å²) in [6, 6.07) is 5.88. The fourth-order valence-corrected chi connectivity index (χ4v) is 1.87. The number of ether oxygens (including phenoxy) is 2. The highest BCUT2D eigenvalue weighted by Gasteiger charge is 2.15. The molecule has 2 aromatic rings. The van der Waals surface area contributed by atoms with Gasteiger partial charge in [-0.1, -0.05) is 6.08 Å². The molecule has 4 nitrogen and oxygen atoms in total. The van der Waals surface area contributed by atoms with Crippen molar-refractivity contribution in [1.82, 2.24) is 4.98 Å². The van der Waals surface area contributed by atoms with Crippen LogP contribution < -0.4 is 14.8 Å². The molecule has 2 heterocycles. The summed E-state index contributed by atoms with van der Waals surface area (Å²) in [7, 11) is 0. The lowest BCUT2D eigenvalue weighted by molar-refractivity contribution is 0.174. The second kappa shape index (κ2) is 3.97. The van der Waals surface area contributed by atoms with E-state index >= 15 is 0 Å². The fourth-order valence-electron chi connectivity index (χ4n) is 1.87. The summed E-state index contributed by atoms with van der Waals surface area (Å²) in [5.74, 6) is 2.39. The highest BCUT2D eigenvalue weighted by molar-refractivity contribution is 5.94. The number of nitrogens with zero attached hydrogens (tertiary/aromatic N) is 1. The van der Waals surface area contributed by atoms with E-state index in [1.807, 2.05) is 18.2 Å². The molecule has 1 N–H and O–H groups in total. The van der Waals surface area contributed by atoms with Gasteiger partial charge in [-0.2, -0.15) is 0 Å². The molecule has 0 aliphatic carbocycles. The minimum absolute atomic E-state index is 0.286. The van der Waals surface area contributed by atoms with Crippen LogP contribution in [-0.2, 0) is 0 Å². The average molecular weight is 228 g/mol. The van der Waals surface area contributed by atoms with Crippen molar-refractivity contribution in [2.75, 3.05) is 18.7 Å². The van der Waals surface area contributed by atoms with Crippen molar-refractivity contribution in [1.29, 1.82) is 0 Å². The molecule has 0 saturated carbocycles. The zero-order valence-corrected chi connectivity index (χ0v) is 9.27. The maximum atomic E-state index is 5.37. The number of hydrogen-bond acceptors (Lipinski definition) is 4. The fraction of sp³-hybridized carbons (Fsp3) is 0.154. The van der Waals surface area contributed by atoms with E-state index in [0.29, 0.717) is 6.54 Å². The molecule has 1 aliphatic heterocycles. The van der Waals surface area contributed by atoms with Gasteiger partial charge in [0, 0.05) is 18.1 Å². The van der Waals surface area contributed by atoms with Crippen LogP contribution >= 0.6 is 0 Å². The van der Waals surface area contributed by atoms with Crippen LogP contribution in [0, 0.1) is 0 Å². The number of fused-ring (bicyclic) bond motifs is 2. The van der Waals surface area contributed by atoms with Crippen LogP contribution in [0.5, 0.6) is 11.5 Å². The van der Waals surface area contributed by atoms with Crippen LogP contribution in [0.3, 0.4) is 0 Å². The van der Waals surface area contributed by atoms with Gasteiger partial charge < -0.3 is 14.8 Å². The zero-order valence-electron chi connectivity index (χ0n) is 9.27. The Hall–Kier alpha value is -2.23. The van der Waals surface area contributed by atoms with Gasteiger partial charge in [0.15, 0.2) is 11.5 Å². The summed E-state index contributed by atoms with van der Waals surface area (Å²) in [4.78, 5) is 4.31. The molecule has 17 heavy (non-hydrogen) atoms. The van der Waals surface area contributed by atoms with E-state index in [1.165, 1.54) is 0 Å². The number of hydrogen-bond donors (Lipinski definition) is 1. The first-order chi connectivity index (χ1) is 8.38. The molecular formula is C13H12N2O2. The number of nitrogens with one attached hydrogen (secondary N) is 1. The third-order valence-corrected chi connectivity index (χ3v) is 2.67. The Morgan fingerprint density at radius 3 is 3.00 bits per heavy atom. The minimum atomic E-state index is 0.286. The maximum Gasteiger partial charge on any atom is 0.231 e. The number of rotatable bonds is 3. The predicted molar refractivity (Wildman–Crippen MR) is 66.6 cm³/mol. The first-order valence-corrected chi connectivity index (χ1v) is 5.41. The van der Waals surface area contributed by atoms with E-state index in [2.05, 4.69) is 16.9 Å². The second-order valence-corrected chi connectivity index (χ2v) is 3.76. The Bertz CT molecular complexity index is 581. The second-order valence-electron chi connectivity index (χ2n) is 3.76. The Balaban J connectivity index is 2.14. The van der Waals surface area contributed by atoms with Crippen molar-refractivity contribution >= 4 is 16.6 Å². The first-order valence-electron chi connectivity index (χ1n) is 5.41. The van der Waals surface area contributed by atoms with Crippen molar-refractivity contribution in [3.63, 3.8) is 0 Å². The van der Waals surface area contributed by atoms with Crippen molar-refractivity contribution in [2.45, 2.75) is 0 Å². The van der Waals surface area contributed by atoms with Crippen molar-refractivity contribution < 1.29 is 9.47 Å². The maximum absolute atomic E-state index is 5.37. The van der Waals surface area contributed by atoms with Crippen molar-refractivity contribution in [3.8, 4) is 11.5 Å². The lowest BCUT2D eigenvalue weighted by Crippen LogP contribution is -2.00. The topological polar surface area (TPSA) is 43.4 Å². The smallest absolute Gasteiger partial charge is 0.231 e. The standard InChI is InChI=1S/C13H12N2O2/c1-2-4-14-13-10-7-12-11(16-8-17-12)6-9(10)3-5-15-13/h2-3,5-7H,1,4,8H2,(H,14,15). The van der Waals surface area contributed by atoms with Gasteiger partial charge in [0.2, 0.25) is 6.79 Å². The molecule has 0 amide bonds. The molecule has 0 spiro atoms. The van der Waals surface area contributed by atoms with Crippen LogP contribution in [-0.4, -0.2) is 18.3 Å². The van der Waals surface area contributed by atoms with Crippen LogP contribution in [0.25, 0.3) is 10.8 Å². The summed E-state index contributed by atoms with van der Waals surface area (Å²) in [5.41, 5.74) is 0. The van der Waals surface area contributed by atoms with Crippen LogP contribution in [0.2, 0.25) is 0 Å². The Morgan fingerprint density at radius 2 is 2.18 bits per heavy atom. The predicted octanol–water partition coefficient (Wildman–Crippen LogP) is 2.56. The van der Waals surface area contributed by atoms with Crippen LogP contribution in [0.15, 0.2) is 37.1 Å². The minimum Gasteiger partial charge on any atom is -0.454 e. The molecule has 0 radical (unpaired) electrons. The molecule has 0 atom stereocenters. The summed E-state index contributed by atoms with van der Waals surface area (Å²) in [6.45, 7) is 4.65. The van der Waals surface area contributed by atoms with E-state index in [0.717, 1.165) is 28.1 Å². The van der Waals surface area contributed by atoms with Crippen molar-refractivity contribution in [3.05, 3.63) is 37.1 Å². The molecule has 4 heteroatoms. The molecule has 1 aliphatic rings. The summed E-state index contributed by atoms with van der Waals surface area (Å²) < 4.78 is 10.7. The molecule has 1 aromatic carbocycles. The molecule has 0 saturated heterocycles. The summed E-state index contributed by atoms with van der Waals surface area (Å²) in [6.07, 6.45) is 3.57. The largest absolute Gasteiger partial charge is 0.454 e. The lowest BCUT2D eigenvalue weighted by Gasteiger charge is -2.07. The monoisotopic (exact) mass is 228 g/mol. The molecule has 0 unspecified atom stereocenters. The normalized spacial score (nSPS) is 12.7. The zero-order chi connectivity index (χ0) is 11.7. The van der Waals surface area contributed by atoms with Crippen molar-refractivity contribution in [2.24, 2.45) is 0 Å². The van der Waals surface area contributed by atoms with Gasteiger partial charge in [0.1, 0.15) is 5.82 Å².